The van der Waals surface area contributed by atoms with Crippen molar-refractivity contribution in [3.63, 3.8) is 0 Å². The van der Waals surface area contributed by atoms with Crippen molar-refractivity contribution in [2.24, 2.45) is 0 Å². The Morgan fingerprint density at radius 1 is 1.41 bits per heavy atom. The van der Waals surface area contributed by atoms with Crippen LogP contribution in [0.25, 0.3) is 0 Å². The maximum absolute atomic E-state index is 12.2. The van der Waals surface area contributed by atoms with Crippen LogP contribution in [0.3, 0.4) is 0 Å². The second-order valence-corrected chi connectivity index (χ2v) is 14.2. The zero-order chi connectivity index (χ0) is 20.6. The Kier molecular flexibility index (Phi) is 6.75. The van der Waals surface area contributed by atoms with Gasteiger partial charge in [0.1, 0.15) is 18.4 Å². The highest BCUT2D eigenvalue weighted by Gasteiger charge is 2.43. The van der Waals surface area contributed by atoms with Crippen LogP contribution < -0.4 is 11.2 Å². The molecule has 1 fully saturated rings. The first-order valence-electron chi connectivity index (χ1n) is 8.79. The maximum atomic E-state index is 12.2. The van der Waals surface area contributed by atoms with Crippen molar-refractivity contribution in [3.8, 4) is 0 Å². The fourth-order valence-electron chi connectivity index (χ4n) is 2.54. The van der Waals surface area contributed by atoms with E-state index in [2.05, 4.69) is 38.8 Å². The molecule has 0 amide bonds. The van der Waals surface area contributed by atoms with Crippen LogP contribution >= 0.6 is 22.6 Å². The molecule has 152 valence electrons. The molecule has 1 aliphatic rings. The number of carbonyl (C=O) groups excluding carboxylic acids is 1. The first-order chi connectivity index (χ1) is 12.3. The van der Waals surface area contributed by atoms with E-state index < -0.39 is 44.0 Å². The molecule has 10 heteroatoms. The molecule has 8 nitrogen and oxygen atoms in total. The molecule has 2 heterocycles. The molecular weight excluding hydrogens is 483 g/mol. The van der Waals surface area contributed by atoms with Gasteiger partial charge in [0.2, 0.25) is 0 Å². The van der Waals surface area contributed by atoms with Gasteiger partial charge in [-0.3, -0.25) is 19.1 Å². The summed E-state index contributed by atoms with van der Waals surface area (Å²) in [5.41, 5.74) is -0.998. The molecule has 0 radical (unpaired) electrons. The third-order valence-electron chi connectivity index (χ3n) is 5.15. The smallest absolute Gasteiger partial charge is 0.330 e. The molecule has 3 atom stereocenters. The van der Waals surface area contributed by atoms with Crippen molar-refractivity contribution >= 4 is 36.9 Å². The lowest BCUT2D eigenvalue weighted by Gasteiger charge is -2.37. The number of carbonyl (C=O) groups is 1. The second kappa shape index (κ2) is 8.17. The molecule has 1 aromatic rings. The van der Waals surface area contributed by atoms with Gasteiger partial charge in [-0.2, -0.15) is 0 Å². The molecule has 1 N–H and O–H groups in total. The van der Waals surface area contributed by atoms with Crippen molar-refractivity contribution < 1.29 is 18.7 Å². The van der Waals surface area contributed by atoms with Crippen molar-refractivity contribution in [3.05, 3.63) is 30.6 Å². The van der Waals surface area contributed by atoms with E-state index in [0.29, 0.717) is 9.99 Å². The summed E-state index contributed by atoms with van der Waals surface area (Å²) in [6.07, 6.45) is 0.125. The van der Waals surface area contributed by atoms with Crippen molar-refractivity contribution in [2.45, 2.75) is 70.7 Å². The SMILES string of the molecule is CC(=O)OC1C[C@H](n2cc(I)c(=O)[nH]c2=O)O[C@@H]1CO[Si](C)(C)C(C)(C)C. The van der Waals surface area contributed by atoms with Crippen LogP contribution in [0.1, 0.15) is 40.3 Å². The van der Waals surface area contributed by atoms with Crippen LogP contribution in [0, 0.1) is 3.57 Å². The minimum absolute atomic E-state index is 0.0356. The summed E-state index contributed by atoms with van der Waals surface area (Å²) in [5, 5.41) is 0.0356. The van der Waals surface area contributed by atoms with Crippen LogP contribution in [0.2, 0.25) is 18.1 Å². The number of rotatable bonds is 5. The molecule has 27 heavy (non-hydrogen) atoms. The quantitative estimate of drug-likeness (QED) is 0.371. The van der Waals surface area contributed by atoms with E-state index in [9.17, 15) is 14.4 Å². The third kappa shape index (κ3) is 5.30. The van der Waals surface area contributed by atoms with E-state index >= 15 is 0 Å². The van der Waals surface area contributed by atoms with Crippen LogP contribution in [0.5, 0.6) is 0 Å². The number of H-pyrrole nitrogens is 1. The molecule has 1 aromatic heterocycles. The molecule has 0 spiro atoms. The van der Waals surface area contributed by atoms with Crippen molar-refractivity contribution in [1.29, 1.82) is 0 Å². The number of aromatic nitrogens is 2. The van der Waals surface area contributed by atoms with Gasteiger partial charge in [0, 0.05) is 19.5 Å². The number of nitrogens with one attached hydrogen (secondary N) is 1. The van der Waals surface area contributed by atoms with Gasteiger partial charge in [-0.05, 0) is 40.7 Å². The molecule has 1 aliphatic heterocycles. The lowest BCUT2D eigenvalue weighted by Crippen LogP contribution is -2.44. The first-order valence-corrected chi connectivity index (χ1v) is 12.8. The summed E-state index contributed by atoms with van der Waals surface area (Å²) < 4.78 is 19.3. The van der Waals surface area contributed by atoms with Gasteiger partial charge in [-0.1, -0.05) is 20.8 Å². The van der Waals surface area contributed by atoms with Gasteiger partial charge in [-0.25, -0.2) is 4.79 Å². The van der Waals surface area contributed by atoms with Crippen molar-refractivity contribution in [2.75, 3.05) is 6.61 Å². The summed E-state index contributed by atoms with van der Waals surface area (Å²) in [5.74, 6) is -0.412. The number of halogens is 1. The average molecular weight is 510 g/mol. The Bertz CT molecular complexity index is 813. The zero-order valence-corrected chi connectivity index (χ0v) is 19.7. The zero-order valence-electron chi connectivity index (χ0n) is 16.5. The fourth-order valence-corrected chi connectivity index (χ4v) is 3.99. The monoisotopic (exact) mass is 510 g/mol. The molecule has 1 unspecified atom stereocenters. The van der Waals surface area contributed by atoms with Gasteiger partial charge < -0.3 is 13.9 Å². The number of hydrogen-bond donors (Lipinski definition) is 1. The highest BCUT2D eigenvalue weighted by Crippen LogP contribution is 2.38. The van der Waals surface area contributed by atoms with E-state index in [0.717, 1.165) is 0 Å². The van der Waals surface area contributed by atoms with Gasteiger partial charge in [-0.15, -0.1) is 0 Å². The van der Waals surface area contributed by atoms with E-state index in [1.807, 2.05) is 22.6 Å². The Morgan fingerprint density at radius 3 is 2.59 bits per heavy atom. The number of aromatic amines is 1. The molecule has 0 saturated carbocycles. The Morgan fingerprint density at radius 2 is 2.04 bits per heavy atom. The predicted octanol–water partition coefficient (Wildman–Crippen LogP) is 2.38. The van der Waals surface area contributed by atoms with E-state index in [1.54, 1.807) is 0 Å². The lowest BCUT2D eigenvalue weighted by molar-refractivity contribution is -0.150. The van der Waals surface area contributed by atoms with Gasteiger partial charge in [0.15, 0.2) is 8.32 Å². The van der Waals surface area contributed by atoms with E-state index in [-0.39, 0.29) is 11.6 Å². The minimum Gasteiger partial charge on any atom is -0.460 e. The molecular formula is C17H27IN2O6Si. The molecule has 0 bridgehead atoms. The molecule has 2 rings (SSSR count). The summed E-state index contributed by atoms with van der Waals surface area (Å²) in [4.78, 5) is 37.5. The number of hydrogen-bond acceptors (Lipinski definition) is 6. The van der Waals surface area contributed by atoms with E-state index in [4.69, 9.17) is 13.9 Å². The maximum Gasteiger partial charge on any atom is 0.330 e. The molecule has 0 aliphatic carbocycles. The normalized spacial score (nSPS) is 23.4. The van der Waals surface area contributed by atoms with Crippen LogP contribution in [0.4, 0.5) is 0 Å². The van der Waals surface area contributed by atoms with Crippen LogP contribution in [-0.4, -0.2) is 42.7 Å². The van der Waals surface area contributed by atoms with Gasteiger partial charge in [0.25, 0.3) is 5.56 Å². The van der Waals surface area contributed by atoms with E-state index in [1.165, 1.54) is 17.7 Å². The second-order valence-electron chi connectivity index (χ2n) is 8.23. The summed E-state index contributed by atoms with van der Waals surface area (Å²) in [6, 6.07) is 0. The summed E-state index contributed by atoms with van der Waals surface area (Å²) >= 11 is 1.86. The summed E-state index contributed by atoms with van der Waals surface area (Å²) in [7, 11) is -2.01. The van der Waals surface area contributed by atoms with Gasteiger partial charge >= 0.3 is 11.7 Å². The Balaban J connectivity index is 2.21. The first kappa shape index (κ1) is 22.3. The minimum atomic E-state index is -2.01. The standard InChI is InChI=1S/C17H27IN2O6Si/c1-10(21)25-12-7-14(20-8-11(18)15(22)19-16(20)23)26-13(12)9-24-27(5,6)17(2,3)4/h8,12-14H,7,9H2,1-6H3,(H,19,22,23)/t12?,13-,14-/m1/s1. The van der Waals surface area contributed by atoms with Crippen LogP contribution in [0.15, 0.2) is 15.8 Å². The molecule has 1 saturated heterocycles. The number of ether oxygens (including phenoxy) is 2. The topological polar surface area (TPSA) is 99.6 Å². The van der Waals surface area contributed by atoms with Crippen molar-refractivity contribution in [1.82, 2.24) is 9.55 Å². The highest BCUT2D eigenvalue weighted by molar-refractivity contribution is 14.1. The summed E-state index contributed by atoms with van der Waals surface area (Å²) in [6.45, 7) is 12.3. The van der Waals surface area contributed by atoms with Crippen LogP contribution in [-0.2, 0) is 18.7 Å². The molecule has 0 aromatic carbocycles. The Labute approximate surface area is 172 Å². The Hall–Kier alpha value is -0.983. The largest absolute Gasteiger partial charge is 0.460 e. The predicted molar refractivity (Wildman–Crippen MR) is 111 cm³/mol. The number of esters is 1. The van der Waals surface area contributed by atoms with Gasteiger partial charge in [0.05, 0.1) is 10.2 Å². The number of nitrogens with zero attached hydrogens (tertiary/aromatic N) is 1. The third-order valence-corrected chi connectivity index (χ3v) is 10.4. The average Bonchev–Trinajstić information content (AvgIpc) is 2.89. The fraction of sp³-hybridized carbons (Fsp3) is 0.706. The lowest BCUT2D eigenvalue weighted by atomic mass is 10.2. The highest BCUT2D eigenvalue weighted by atomic mass is 127.